The predicted octanol–water partition coefficient (Wildman–Crippen LogP) is 1.80. The molecule has 1 aliphatic carbocycles. The van der Waals surface area contributed by atoms with E-state index in [-0.39, 0.29) is 11.7 Å². The molecule has 1 aromatic heterocycles. The summed E-state index contributed by atoms with van der Waals surface area (Å²) in [5.74, 6) is 1.44. The zero-order valence-electron chi connectivity index (χ0n) is 15.5. The van der Waals surface area contributed by atoms with Crippen molar-refractivity contribution in [3.05, 3.63) is 18.5 Å². The summed E-state index contributed by atoms with van der Waals surface area (Å²) >= 11 is 0. The van der Waals surface area contributed by atoms with Crippen LogP contribution < -0.4 is 10.6 Å². The maximum atomic E-state index is 6.40. The number of hydrogen-bond acceptors (Lipinski definition) is 5. The van der Waals surface area contributed by atoms with Crippen molar-refractivity contribution in [1.29, 1.82) is 0 Å². The van der Waals surface area contributed by atoms with Gasteiger partial charge in [-0.3, -0.25) is 4.99 Å². The average Bonchev–Trinajstić information content (AvgIpc) is 3.09. The summed E-state index contributed by atoms with van der Waals surface area (Å²) in [6.07, 6.45) is 12.6. The fourth-order valence-electron chi connectivity index (χ4n) is 4.47. The van der Waals surface area contributed by atoms with Crippen molar-refractivity contribution < 1.29 is 4.74 Å². The SMILES string of the molecule is NC(=NCC1CCC2(CCCCC2)O1)N1CCN(c2ncccn2)CC1. The van der Waals surface area contributed by atoms with Crippen molar-refractivity contribution in [2.45, 2.75) is 56.7 Å². The Balaban J connectivity index is 1.25. The van der Waals surface area contributed by atoms with Crippen LogP contribution in [0, 0.1) is 0 Å². The van der Waals surface area contributed by atoms with Crippen LogP contribution in [-0.4, -0.2) is 65.3 Å². The Morgan fingerprint density at radius 3 is 2.58 bits per heavy atom. The van der Waals surface area contributed by atoms with E-state index in [1.807, 2.05) is 6.07 Å². The molecule has 3 aliphatic rings. The third-order valence-corrected chi connectivity index (χ3v) is 6.00. The molecular formula is C19H30N6O. The highest BCUT2D eigenvalue weighted by Crippen LogP contribution is 2.41. The summed E-state index contributed by atoms with van der Waals surface area (Å²) in [6.45, 7) is 4.12. The minimum Gasteiger partial charge on any atom is -0.370 e. The molecule has 0 aromatic carbocycles. The number of aromatic nitrogens is 2. The van der Waals surface area contributed by atoms with Crippen LogP contribution >= 0.6 is 0 Å². The molecular weight excluding hydrogens is 328 g/mol. The van der Waals surface area contributed by atoms with E-state index >= 15 is 0 Å². The number of ether oxygens (including phenoxy) is 1. The van der Waals surface area contributed by atoms with E-state index in [1.165, 1.54) is 38.5 Å². The van der Waals surface area contributed by atoms with Crippen LogP contribution in [0.15, 0.2) is 23.5 Å². The maximum absolute atomic E-state index is 6.40. The Labute approximate surface area is 155 Å². The third-order valence-electron chi connectivity index (χ3n) is 6.00. The van der Waals surface area contributed by atoms with Crippen LogP contribution in [0.1, 0.15) is 44.9 Å². The molecule has 1 spiro atoms. The minimum atomic E-state index is 0.161. The second kappa shape index (κ2) is 7.78. The molecule has 1 aromatic rings. The molecule has 3 fully saturated rings. The molecule has 2 saturated heterocycles. The highest BCUT2D eigenvalue weighted by molar-refractivity contribution is 5.78. The fourth-order valence-corrected chi connectivity index (χ4v) is 4.47. The van der Waals surface area contributed by atoms with Crippen molar-refractivity contribution in [2.24, 2.45) is 10.7 Å². The first-order valence-electron chi connectivity index (χ1n) is 9.99. The Morgan fingerprint density at radius 2 is 1.85 bits per heavy atom. The molecule has 0 radical (unpaired) electrons. The van der Waals surface area contributed by atoms with Gasteiger partial charge in [-0.2, -0.15) is 0 Å². The second-order valence-electron chi connectivity index (χ2n) is 7.74. The van der Waals surface area contributed by atoms with E-state index in [2.05, 4.69) is 24.8 Å². The van der Waals surface area contributed by atoms with Gasteiger partial charge in [-0.15, -0.1) is 0 Å². The van der Waals surface area contributed by atoms with Crippen LogP contribution in [-0.2, 0) is 4.74 Å². The Kier molecular flexibility index (Phi) is 5.24. The smallest absolute Gasteiger partial charge is 0.225 e. The topological polar surface area (TPSA) is 79.9 Å². The number of aliphatic imine (C=N–C) groups is 1. The zero-order chi connectivity index (χ0) is 17.8. The highest BCUT2D eigenvalue weighted by Gasteiger charge is 2.40. The highest BCUT2D eigenvalue weighted by atomic mass is 16.5. The Bertz CT molecular complexity index is 608. The van der Waals surface area contributed by atoms with E-state index in [0.717, 1.165) is 38.5 Å². The molecule has 142 valence electrons. The summed E-state index contributed by atoms with van der Waals surface area (Å²) in [5, 5.41) is 0. The number of nitrogens with two attached hydrogens (primary N) is 1. The van der Waals surface area contributed by atoms with E-state index in [4.69, 9.17) is 10.5 Å². The lowest BCUT2D eigenvalue weighted by molar-refractivity contribution is -0.0599. The number of piperazine rings is 1. The van der Waals surface area contributed by atoms with Crippen LogP contribution in [0.25, 0.3) is 0 Å². The van der Waals surface area contributed by atoms with Gasteiger partial charge in [-0.25, -0.2) is 9.97 Å². The van der Waals surface area contributed by atoms with Crippen molar-refractivity contribution in [1.82, 2.24) is 14.9 Å². The first kappa shape index (κ1) is 17.5. The van der Waals surface area contributed by atoms with Crippen molar-refractivity contribution in [3.8, 4) is 0 Å². The summed E-state index contributed by atoms with van der Waals surface area (Å²) in [7, 11) is 0. The number of rotatable bonds is 3. The van der Waals surface area contributed by atoms with Crippen molar-refractivity contribution in [2.75, 3.05) is 37.6 Å². The molecule has 1 unspecified atom stereocenters. The van der Waals surface area contributed by atoms with Crippen LogP contribution in [0.5, 0.6) is 0 Å². The van der Waals surface area contributed by atoms with Gasteiger partial charge in [-0.1, -0.05) is 19.3 Å². The van der Waals surface area contributed by atoms with Gasteiger partial charge in [0.05, 0.1) is 18.2 Å². The Hall–Kier alpha value is -1.89. The largest absolute Gasteiger partial charge is 0.370 e. The van der Waals surface area contributed by atoms with Crippen molar-refractivity contribution >= 4 is 11.9 Å². The van der Waals surface area contributed by atoms with E-state index in [0.29, 0.717) is 12.5 Å². The normalized spacial score (nSPS) is 26.5. The summed E-state index contributed by atoms with van der Waals surface area (Å²) < 4.78 is 6.40. The number of hydrogen-bond donors (Lipinski definition) is 1. The summed E-state index contributed by atoms with van der Waals surface area (Å²) in [4.78, 5) is 17.6. The number of guanidine groups is 1. The molecule has 3 heterocycles. The van der Waals surface area contributed by atoms with Crippen LogP contribution in [0.4, 0.5) is 5.95 Å². The van der Waals surface area contributed by atoms with E-state index in [1.54, 1.807) is 12.4 Å². The van der Waals surface area contributed by atoms with Gasteiger partial charge in [0.15, 0.2) is 5.96 Å². The van der Waals surface area contributed by atoms with Crippen molar-refractivity contribution in [3.63, 3.8) is 0 Å². The second-order valence-corrected chi connectivity index (χ2v) is 7.74. The van der Waals surface area contributed by atoms with Gasteiger partial charge in [0.2, 0.25) is 5.95 Å². The molecule has 7 nitrogen and oxygen atoms in total. The Morgan fingerprint density at radius 1 is 1.12 bits per heavy atom. The van der Waals surface area contributed by atoms with Gasteiger partial charge in [0.1, 0.15) is 0 Å². The average molecular weight is 358 g/mol. The van der Waals surface area contributed by atoms with Gasteiger partial charge in [0, 0.05) is 38.6 Å². The maximum Gasteiger partial charge on any atom is 0.225 e. The summed E-state index contributed by atoms with van der Waals surface area (Å²) in [6, 6.07) is 1.84. The van der Waals surface area contributed by atoms with E-state index in [9.17, 15) is 0 Å². The molecule has 26 heavy (non-hydrogen) atoms. The van der Waals surface area contributed by atoms with E-state index < -0.39 is 0 Å². The van der Waals surface area contributed by atoms with Gasteiger partial charge in [0.25, 0.3) is 0 Å². The van der Waals surface area contributed by atoms with Gasteiger partial charge < -0.3 is 20.3 Å². The third kappa shape index (κ3) is 3.92. The molecule has 7 heteroatoms. The molecule has 0 bridgehead atoms. The first-order valence-corrected chi connectivity index (χ1v) is 9.99. The lowest BCUT2D eigenvalue weighted by Gasteiger charge is -2.35. The first-order chi connectivity index (χ1) is 12.7. The van der Waals surface area contributed by atoms with Crippen LogP contribution in [0.2, 0.25) is 0 Å². The number of anilines is 1. The summed E-state index contributed by atoms with van der Waals surface area (Å²) in [5.41, 5.74) is 6.41. The predicted molar refractivity (Wildman–Crippen MR) is 102 cm³/mol. The monoisotopic (exact) mass is 358 g/mol. The molecule has 4 rings (SSSR count). The molecule has 1 atom stereocenters. The van der Waals surface area contributed by atoms with Gasteiger partial charge >= 0.3 is 0 Å². The van der Waals surface area contributed by atoms with Crippen LogP contribution in [0.3, 0.4) is 0 Å². The molecule has 1 saturated carbocycles. The number of nitrogens with zero attached hydrogens (tertiary/aromatic N) is 5. The lowest BCUT2D eigenvalue weighted by atomic mass is 9.83. The lowest BCUT2D eigenvalue weighted by Crippen LogP contribution is -2.51. The molecule has 0 amide bonds. The fraction of sp³-hybridized carbons (Fsp3) is 0.737. The standard InChI is InChI=1S/C19H30N6O/c20-17(23-15-16-5-8-19(26-16)6-2-1-3-7-19)24-11-13-25(14-12-24)18-21-9-4-10-22-18/h4,9-10,16H,1-3,5-8,11-15H2,(H2,20,23). The quantitative estimate of drug-likeness (QED) is 0.655. The van der Waals surface area contributed by atoms with Gasteiger partial charge in [-0.05, 0) is 31.7 Å². The molecule has 2 aliphatic heterocycles. The zero-order valence-corrected chi connectivity index (χ0v) is 15.5. The minimum absolute atomic E-state index is 0.161. The molecule has 2 N–H and O–H groups in total.